The zero-order chi connectivity index (χ0) is 6.69. The summed E-state index contributed by atoms with van der Waals surface area (Å²) in [4.78, 5) is 2.95. The Morgan fingerprint density at radius 1 is 1.78 bits per heavy atom. The van der Waals surface area contributed by atoms with Crippen LogP contribution in [0.4, 0.5) is 0 Å². The molecule has 0 amide bonds. The average Bonchev–Trinajstić information content (AvgIpc) is 2.15. The number of H-pyrrole nitrogens is 1. The van der Waals surface area contributed by atoms with Gasteiger partial charge in [-0.1, -0.05) is 0 Å². The quantitative estimate of drug-likeness (QED) is 0.389. The van der Waals surface area contributed by atoms with Crippen molar-refractivity contribution in [3.63, 3.8) is 0 Å². The highest BCUT2D eigenvalue weighted by atomic mass is 14.7. The number of aromatic nitrogens is 1. The van der Waals surface area contributed by atoms with Gasteiger partial charge in [0.1, 0.15) is 0 Å². The Hall–Kier alpha value is -1.25. The van der Waals surface area contributed by atoms with Gasteiger partial charge in [0.25, 0.3) is 0 Å². The summed E-state index contributed by atoms with van der Waals surface area (Å²) in [6.07, 6.45) is 2.34. The van der Waals surface area contributed by atoms with E-state index in [2.05, 4.69) is 4.98 Å². The maximum atomic E-state index is 6.93. The van der Waals surface area contributed by atoms with Gasteiger partial charge in [0, 0.05) is 18.3 Å². The lowest BCUT2D eigenvalue weighted by Crippen LogP contribution is -2.12. The molecule has 48 valence electrons. The molecule has 0 saturated heterocycles. The second kappa shape index (κ2) is 2.35. The molecule has 0 aromatic carbocycles. The molecule has 1 aromatic rings. The molecule has 1 heterocycles. The second-order valence-corrected chi connectivity index (χ2v) is 1.90. The van der Waals surface area contributed by atoms with Gasteiger partial charge in [0.05, 0.1) is 5.84 Å². The zero-order valence-electron chi connectivity index (χ0n) is 5.02. The lowest BCUT2D eigenvalue weighted by molar-refractivity contribution is 1.15. The monoisotopic (exact) mass is 123 g/mol. The minimum atomic E-state index is 0.192. The number of hydrogen-bond acceptors (Lipinski definition) is 1. The molecular formula is C6H9N3. The summed E-state index contributed by atoms with van der Waals surface area (Å²) in [5.74, 6) is 0.192. The molecule has 0 atom stereocenters. The predicted molar refractivity (Wildman–Crippen MR) is 36.4 cm³/mol. The Bertz CT molecular complexity index is 188. The number of nitrogens with two attached hydrogens (primary N) is 1. The molecule has 0 saturated carbocycles. The van der Waals surface area contributed by atoms with E-state index in [-0.39, 0.29) is 5.84 Å². The largest absolute Gasteiger partial charge is 0.387 e. The van der Waals surface area contributed by atoms with E-state index in [1.165, 1.54) is 0 Å². The van der Waals surface area contributed by atoms with Crippen molar-refractivity contribution in [2.75, 3.05) is 0 Å². The smallest absolute Gasteiger partial charge is 0.0965 e. The third-order valence-electron chi connectivity index (χ3n) is 1.04. The van der Waals surface area contributed by atoms with Crippen LogP contribution in [0.25, 0.3) is 0 Å². The topological polar surface area (TPSA) is 65.7 Å². The Balaban J connectivity index is 2.58. The van der Waals surface area contributed by atoms with E-state index in [0.717, 1.165) is 5.69 Å². The molecule has 0 fully saturated rings. The van der Waals surface area contributed by atoms with Gasteiger partial charge in [-0.25, -0.2) is 0 Å². The maximum absolute atomic E-state index is 6.93. The summed E-state index contributed by atoms with van der Waals surface area (Å²) in [6, 6.07) is 3.79. The minimum Gasteiger partial charge on any atom is -0.387 e. The highest BCUT2D eigenvalue weighted by Gasteiger charge is 1.92. The van der Waals surface area contributed by atoms with Crippen molar-refractivity contribution in [1.82, 2.24) is 4.98 Å². The van der Waals surface area contributed by atoms with Crippen molar-refractivity contribution < 1.29 is 0 Å². The van der Waals surface area contributed by atoms with Crippen LogP contribution in [0.5, 0.6) is 0 Å². The van der Waals surface area contributed by atoms with E-state index in [1.807, 2.05) is 18.3 Å². The summed E-state index contributed by atoms with van der Waals surface area (Å²) in [5.41, 5.74) is 6.14. The van der Waals surface area contributed by atoms with E-state index in [4.69, 9.17) is 11.1 Å². The van der Waals surface area contributed by atoms with Gasteiger partial charge in [0.15, 0.2) is 0 Å². The van der Waals surface area contributed by atoms with Gasteiger partial charge in [-0.2, -0.15) is 0 Å². The van der Waals surface area contributed by atoms with E-state index in [0.29, 0.717) is 6.42 Å². The molecular weight excluding hydrogens is 114 g/mol. The van der Waals surface area contributed by atoms with Crippen LogP contribution in [0, 0.1) is 5.41 Å². The lowest BCUT2D eigenvalue weighted by Gasteiger charge is -1.91. The Morgan fingerprint density at radius 2 is 2.56 bits per heavy atom. The van der Waals surface area contributed by atoms with Gasteiger partial charge in [-0.3, -0.25) is 5.41 Å². The van der Waals surface area contributed by atoms with Gasteiger partial charge in [-0.05, 0) is 12.1 Å². The summed E-state index contributed by atoms with van der Waals surface area (Å²) >= 11 is 0. The first-order valence-corrected chi connectivity index (χ1v) is 2.74. The van der Waals surface area contributed by atoms with Crippen LogP contribution in [0.15, 0.2) is 18.3 Å². The predicted octanol–water partition coefficient (Wildman–Crippen LogP) is 0.493. The van der Waals surface area contributed by atoms with E-state index >= 15 is 0 Å². The zero-order valence-corrected chi connectivity index (χ0v) is 5.02. The Labute approximate surface area is 53.4 Å². The summed E-state index contributed by atoms with van der Waals surface area (Å²) in [7, 11) is 0. The summed E-state index contributed by atoms with van der Waals surface area (Å²) in [5, 5.41) is 6.93. The fourth-order valence-corrected chi connectivity index (χ4v) is 0.683. The SMILES string of the molecule is N=C(N)Cc1ccc[nH]1. The van der Waals surface area contributed by atoms with Crippen LogP contribution < -0.4 is 5.73 Å². The van der Waals surface area contributed by atoms with Crippen molar-refractivity contribution in [2.45, 2.75) is 6.42 Å². The summed E-state index contributed by atoms with van der Waals surface area (Å²) in [6.45, 7) is 0. The molecule has 3 nitrogen and oxygen atoms in total. The molecule has 0 aliphatic carbocycles. The normalized spacial score (nSPS) is 9.33. The fourth-order valence-electron chi connectivity index (χ4n) is 0.683. The molecule has 0 aliphatic rings. The molecule has 0 radical (unpaired) electrons. The number of hydrogen-bond donors (Lipinski definition) is 3. The van der Waals surface area contributed by atoms with Crippen molar-refractivity contribution in [3.8, 4) is 0 Å². The minimum absolute atomic E-state index is 0.192. The highest BCUT2D eigenvalue weighted by Crippen LogP contribution is 1.93. The van der Waals surface area contributed by atoms with Gasteiger partial charge in [-0.15, -0.1) is 0 Å². The first-order chi connectivity index (χ1) is 4.29. The number of rotatable bonds is 2. The maximum Gasteiger partial charge on any atom is 0.0965 e. The van der Waals surface area contributed by atoms with Crippen LogP contribution in [0.2, 0.25) is 0 Å². The summed E-state index contributed by atoms with van der Waals surface area (Å²) < 4.78 is 0. The Kier molecular flexibility index (Phi) is 1.53. The molecule has 3 heteroatoms. The van der Waals surface area contributed by atoms with Gasteiger partial charge < -0.3 is 10.7 Å². The van der Waals surface area contributed by atoms with Gasteiger partial charge >= 0.3 is 0 Å². The molecule has 0 bridgehead atoms. The third kappa shape index (κ3) is 1.60. The molecule has 4 N–H and O–H groups in total. The molecule has 1 rings (SSSR count). The van der Waals surface area contributed by atoms with Gasteiger partial charge in [0.2, 0.25) is 0 Å². The van der Waals surface area contributed by atoms with Crippen molar-refractivity contribution in [2.24, 2.45) is 5.73 Å². The van der Waals surface area contributed by atoms with Crippen LogP contribution in [0.1, 0.15) is 5.69 Å². The van der Waals surface area contributed by atoms with E-state index in [9.17, 15) is 0 Å². The fraction of sp³-hybridized carbons (Fsp3) is 0.167. The third-order valence-corrected chi connectivity index (χ3v) is 1.04. The first kappa shape index (κ1) is 5.88. The van der Waals surface area contributed by atoms with Crippen LogP contribution >= 0.6 is 0 Å². The number of aromatic amines is 1. The van der Waals surface area contributed by atoms with Crippen molar-refractivity contribution in [1.29, 1.82) is 5.41 Å². The van der Waals surface area contributed by atoms with Crippen molar-refractivity contribution in [3.05, 3.63) is 24.0 Å². The van der Waals surface area contributed by atoms with Crippen LogP contribution in [-0.4, -0.2) is 10.8 Å². The van der Waals surface area contributed by atoms with Crippen molar-refractivity contribution >= 4 is 5.84 Å². The highest BCUT2D eigenvalue weighted by molar-refractivity contribution is 5.78. The molecule has 1 aromatic heterocycles. The first-order valence-electron chi connectivity index (χ1n) is 2.74. The molecule has 9 heavy (non-hydrogen) atoms. The standard InChI is InChI=1S/C6H9N3/c7-6(8)4-5-2-1-3-9-5/h1-3,9H,4H2,(H3,7,8). The van der Waals surface area contributed by atoms with Crippen LogP contribution in [-0.2, 0) is 6.42 Å². The molecule has 0 aliphatic heterocycles. The lowest BCUT2D eigenvalue weighted by atomic mass is 10.3. The van der Waals surface area contributed by atoms with E-state index < -0.39 is 0 Å². The second-order valence-electron chi connectivity index (χ2n) is 1.90. The Morgan fingerprint density at radius 3 is 3.00 bits per heavy atom. The average molecular weight is 123 g/mol. The molecule has 0 unspecified atom stereocenters. The van der Waals surface area contributed by atoms with E-state index in [1.54, 1.807) is 0 Å². The number of amidine groups is 1. The van der Waals surface area contributed by atoms with Crippen LogP contribution in [0.3, 0.4) is 0 Å². The molecule has 0 spiro atoms. The number of nitrogens with one attached hydrogen (secondary N) is 2.